The number of halogens is 2. The Hall–Kier alpha value is -3.57. The van der Waals surface area contributed by atoms with E-state index in [4.69, 9.17) is 43.4 Å². The molecule has 0 atom stereocenters. The molecule has 1 aromatic carbocycles. The van der Waals surface area contributed by atoms with Gasteiger partial charge >= 0.3 is 0 Å². The van der Waals surface area contributed by atoms with Crippen molar-refractivity contribution in [2.75, 3.05) is 58.8 Å². The molecule has 1 saturated carbocycles. The van der Waals surface area contributed by atoms with Crippen LogP contribution in [-0.4, -0.2) is 89.1 Å². The van der Waals surface area contributed by atoms with Crippen LogP contribution in [0.3, 0.4) is 0 Å². The van der Waals surface area contributed by atoms with Gasteiger partial charge in [-0.25, -0.2) is 9.97 Å². The zero-order valence-corrected chi connectivity index (χ0v) is 26.5. The number of methoxy groups -OCH3 is 2. The van der Waals surface area contributed by atoms with Gasteiger partial charge in [0.25, 0.3) is 0 Å². The Bertz CT molecular complexity index is 1700. The second-order valence-corrected chi connectivity index (χ2v) is 12.3. The Labute approximate surface area is 266 Å². The number of rotatable bonds is 11. The fourth-order valence-corrected chi connectivity index (χ4v) is 6.43. The number of nitrogens with two attached hydrogens (primary N) is 1. The SMILES string of the molecule is C=CC(=O)N1CCN(CCCc2cn3c(n2)c(-c2c(Cl)c(OC)cc(OC)c2Cl)cc2cnc(NCC4(N)CC4)cc23)CC1. The fraction of sp³-hybridized carbons (Fsp3) is 0.406. The fourth-order valence-electron chi connectivity index (χ4n) is 5.73. The first-order chi connectivity index (χ1) is 21.2. The summed E-state index contributed by atoms with van der Waals surface area (Å²) in [6, 6.07) is 5.72. The van der Waals surface area contributed by atoms with Crippen LogP contribution >= 0.6 is 23.2 Å². The molecule has 1 amide bonds. The Balaban J connectivity index is 1.35. The predicted molar refractivity (Wildman–Crippen MR) is 175 cm³/mol. The zero-order chi connectivity index (χ0) is 31.0. The van der Waals surface area contributed by atoms with Crippen LogP contribution in [0.5, 0.6) is 11.5 Å². The van der Waals surface area contributed by atoms with Gasteiger partial charge in [-0.3, -0.25) is 14.1 Å². The van der Waals surface area contributed by atoms with Crippen LogP contribution in [0.25, 0.3) is 27.7 Å². The van der Waals surface area contributed by atoms with Crippen LogP contribution in [0.1, 0.15) is 25.0 Å². The van der Waals surface area contributed by atoms with Gasteiger partial charge in [0, 0.05) is 79.3 Å². The minimum absolute atomic E-state index is 0.00475. The number of piperazine rings is 1. The monoisotopic (exact) mass is 637 g/mol. The number of benzene rings is 1. The third kappa shape index (κ3) is 6.04. The molecule has 2 aliphatic rings. The number of nitrogens with zero attached hydrogens (tertiary/aromatic N) is 5. The van der Waals surface area contributed by atoms with Crippen molar-refractivity contribution in [1.82, 2.24) is 24.2 Å². The van der Waals surface area contributed by atoms with E-state index in [1.54, 1.807) is 20.3 Å². The molecule has 3 N–H and O–H groups in total. The van der Waals surface area contributed by atoms with Crippen molar-refractivity contribution in [2.45, 2.75) is 31.2 Å². The molecule has 3 aromatic heterocycles. The minimum Gasteiger partial charge on any atom is -0.495 e. The van der Waals surface area contributed by atoms with E-state index in [2.05, 4.69) is 32.4 Å². The maximum absolute atomic E-state index is 11.9. The summed E-state index contributed by atoms with van der Waals surface area (Å²) in [6.45, 7) is 8.32. The second-order valence-electron chi connectivity index (χ2n) is 11.6. The van der Waals surface area contributed by atoms with Gasteiger partial charge in [0.15, 0.2) is 0 Å². The Morgan fingerprint density at radius 1 is 1.11 bits per heavy atom. The summed E-state index contributed by atoms with van der Waals surface area (Å²) in [6.07, 6.45) is 9.04. The molecule has 1 aliphatic carbocycles. The van der Waals surface area contributed by atoms with Crippen molar-refractivity contribution in [2.24, 2.45) is 5.73 Å². The highest BCUT2D eigenvalue weighted by molar-refractivity contribution is 6.41. The number of aryl methyl sites for hydroxylation is 1. The molecule has 0 spiro atoms. The van der Waals surface area contributed by atoms with E-state index in [1.165, 1.54) is 6.08 Å². The lowest BCUT2D eigenvalue weighted by molar-refractivity contribution is -0.127. The minimum atomic E-state index is -0.148. The van der Waals surface area contributed by atoms with Crippen molar-refractivity contribution in [3.05, 3.63) is 59.0 Å². The molecule has 4 aromatic rings. The van der Waals surface area contributed by atoms with Gasteiger partial charge in [-0.05, 0) is 44.4 Å². The molecule has 1 saturated heterocycles. The maximum Gasteiger partial charge on any atom is 0.246 e. The van der Waals surface area contributed by atoms with Crippen LogP contribution in [0.15, 0.2) is 43.2 Å². The Morgan fingerprint density at radius 2 is 1.82 bits per heavy atom. The van der Waals surface area contributed by atoms with Crippen molar-refractivity contribution < 1.29 is 14.3 Å². The number of pyridine rings is 2. The second kappa shape index (κ2) is 12.4. The quantitative estimate of drug-likeness (QED) is 0.220. The van der Waals surface area contributed by atoms with E-state index in [0.29, 0.717) is 33.7 Å². The summed E-state index contributed by atoms with van der Waals surface area (Å²) in [5.41, 5.74) is 10.1. The van der Waals surface area contributed by atoms with Gasteiger partial charge in [0.2, 0.25) is 5.91 Å². The molecule has 10 nitrogen and oxygen atoms in total. The Kier molecular flexibility index (Phi) is 8.61. The number of ether oxygens (including phenoxy) is 2. The molecule has 44 heavy (non-hydrogen) atoms. The number of anilines is 1. The van der Waals surface area contributed by atoms with E-state index >= 15 is 0 Å². The summed E-state index contributed by atoms with van der Waals surface area (Å²) in [5.74, 6) is 1.66. The highest BCUT2D eigenvalue weighted by Crippen LogP contribution is 2.47. The molecular formula is C32H37Cl2N7O3. The van der Waals surface area contributed by atoms with Gasteiger partial charge in [0.05, 0.1) is 35.5 Å². The highest BCUT2D eigenvalue weighted by atomic mass is 35.5. The molecule has 0 bridgehead atoms. The Morgan fingerprint density at radius 3 is 2.45 bits per heavy atom. The van der Waals surface area contributed by atoms with Crippen molar-refractivity contribution in [1.29, 1.82) is 0 Å². The number of amides is 1. The number of carbonyl (C=O) groups excluding carboxylic acids is 1. The summed E-state index contributed by atoms with van der Waals surface area (Å²) < 4.78 is 13.2. The number of hydrogen-bond acceptors (Lipinski definition) is 8. The number of imidazole rings is 1. The summed E-state index contributed by atoms with van der Waals surface area (Å²) in [7, 11) is 3.12. The first-order valence-electron chi connectivity index (χ1n) is 14.8. The normalized spacial score (nSPS) is 16.3. The van der Waals surface area contributed by atoms with Gasteiger partial charge in [-0.1, -0.05) is 29.8 Å². The lowest BCUT2D eigenvalue weighted by Crippen LogP contribution is -2.48. The molecule has 0 radical (unpaired) electrons. The topological polar surface area (TPSA) is 110 Å². The van der Waals surface area contributed by atoms with Crippen molar-refractivity contribution in [3.8, 4) is 22.6 Å². The first kappa shape index (κ1) is 30.5. The number of aromatic nitrogens is 3. The molecular weight excluding hydrogens is 601 g/mol. The van der Waals surface area contributed by atoms with Crippen LogP contribution in [0.4, 0.5) is 5.82 Å². The van der Waals surface area contributed by atoms with E-state index in [1.807, 2.05) is 23.2 Å². The van der Waals surface area contributed by atoms with Crippen LogP contribution in [-0.2, 0) is 11.2 Å². The van der Waals surface area contributed by atoms with Crippen molar-refractivity contribution in [3.63, 3.8) is 0 Å². The van der Waals surface area contributed by atoms with Gasteiger partial charge in [-0.15, -0.1) is 0 Å². The largest absolute Gasteiger partial charge is 0.495 e. The lowest BCUT2D eigenvalue weighted by Gasteiger charge is -2.34. The van der Waals surface area contributed by atoms with E-state index in [0.717, 1.165) is 92.0 Å². The predicted octanol–water partition coefficient (Wildman–Crippen LogP) is 5.04. The highest BCUT2D eigenvalue weighted by Gasteiger charge is 2.37. The number of fused-ring (bicyclic) bond motifs is 3. The molecule has 1 aliphatic heterocycles. The van der Waals surface area contributed by atoms with E-state index < -0.39 is 0 Å². The van der Waals surface area contributed by atoms with Gasteiger partial charge in [-0.2, -0.15) is 0 Å². The summed E-state index contributed by atoms with van der Waals surface area (Å²) in [4.78, 5) is 25.9. The van der Waals surface area contributed by atoms with E-state index in [-0.39, 0.29) is 11.4 Å². The lowest BCUT2D eigenvalue weighted by atomic mass is 10.0. The standard InChI is InChI=1S/C32H37Cl2N7O3/c1-4-27(42)40-12-10-39(11-13-40)9-5-6-21-18-41-23-15-26(37-19-32(35)7-8-32)36-17-20(23)14-22(31(41)38-21)28-29(33)24(43-2)16-25(44-3)30(28)34/h4,14-18H,1,5-13,19,35H2,2-3H3,(H,36,37). The molecule has 0 unspecified atom stereocenters. The van der Waals surface area contributed by atoms with Gasteiger partial charge < -0.3 is 25.4 Å². The molecule has 232 valence electrons. The maximum atomic E-state index is 11.9. The van der Waals surface area contributed by atoms with Crippen LogP contribution in [0, 0.1) is 0 Å². The number of carbonyl (C=O) groups is 1. The molecule has 12 heteroatoms. The van der Waals surface area contributed by atoms with Gasteiger partial charge in [0.1, 0.15) is 23.0 Å². The van der Waals surface area contributed by atoms with Crippen LogP contribution in [0.2, 0.25) is 10.0 Å². The smallest absolute Gasteiger partial charge is 0.246 e. The van der Waals surface area contributed by atoms with Crippen LogP contribution < -0.4 is 20.5 Å². The third-order valence-electron chi connectivity index (χ3n) is 8.59. The molecule has 2 fully saturated rings. The third-order valence-corrected chi connectivity index (χ3v) is 9.34. The molecule has 4 heterocycles. The van der Waals surface area contributed by atoms with E-state index in [9.17, 15) is 4.79 Å². The summed E-state index contributed by atoms with van der Waals surface area (Å²) in [5, 5.41) is 5.06. The zero-order valence-electron chi connectivity index (χ0n) is 25.0. The first-order valence-corrected chi connectivity index (χ1v) is 15.6. The number of hydrogen-bond donors (Lipinski definition) is 2. The van der Waals surface area contributed by atoms with Crippen molar-refractivity contribution >= 4 is 51.5 Å². The number of nitrogens with one attached hydrogen (secondary N) is 1. The average molecular weight is 639 g/mol. The average Bonchev–Trinajstić information content (AvgIpc) is 3.62. The summed E-state index contributed by atoms with van der Waals surface area (Å²) >= 11 is 13.8. The molecule has 6 rings (SSSR count).